The standard InChI is InChI=1S/C19H24O/c1-5-14-16-9-7-8-10-17(16)15(6-2)19-13(4)20-12(3)11-18(14)19/h7-10,12-13H,5-6,11H2,1-4H3/t12-,13+/m0/s1. The number of hydrogen-bond donors (Lipinski definition) is 0. The number of fused-ring (bicyclic) bond motifs is 2. The zero-order valence-electron chi connectivity index (χ0n) is 13.0. The van der Waals surface area contributed by atoms with Gasteiger partial charge in [-0.25, -0.2) is 0 Å². The Morgan fingerprint density at radius 3 is 2.20 bits per heavy atom. The van der Waals surface area contributed by atoms with Crippen LogP contribution in [0.25, 0.3) is 10.8 Å². The van der Waals surface area contributed by atoms with Gasteiger partial charge in [0.1, 0.15) is 0 Å². The molecule has 0 aromatic heterocycles. The lowest BCUT2D eigenvalue weighted by atomic mass is 9.81. The zero-order valence-corrected chi connectivity index (χ0v) is 13.0. The highest BCUT2D eigenvalue weighted by Gasteiger charge is 2.28. The summed E-state index contributed by atoms with van der Waals surface area (Å²) in [6, 6.07) is 8.89. The molecule has 1 heterocycles. The summed E-state index contributed by atoms with van der Waals surface area (Å²) >= 11 is 0. The molecule has 2 atom stereocenters. The van der Waals surface area contributed by atoms with Crippen LogP contribution in [0.5, 0.6) is 0 Å². The lowest BCUT2D eigenvalue weighted by Gasteiger charge is -2.33. The van der Waals surface area contributed by atoms with Crippen LogP contribution in [-0.2, 0) is 24.0 Å². The SMILES string of the molecule is CCc1c2c(c(CC)c3ccccc13)[C@@H](C)O[C@@H](C)C2. The highest BCUT2D eigenvalue weighted by atomic mass is 16.5. The minimum absolute atomic E-state index is 0.221. The molecule has 0 amide bonds. The minimum Gasteiger partial charge on any atom is -0.371 e. The van der Waals surface area contributed by atoms with Gasteiger partial charge in [-0.05, 0) is 66.1 Å². The lowest BCUT2D eigenvalue weighted by Crippen LogP contribution is -2.25. The lowest BCUT2D eigenvalue weighted by molar-refractivity contribution is -0.00529. The molecule has 1 aliphatic heterocycles. The summed E-state index contributed by atoms with van der Waals surface area (Å²) in [6.07, 6.45) is 3.79. The van der Waals surface area contributed by atoms with E-state index < -0.39 is 0 Å². The van der Waals surface area contributed by atoms with Crippen molar-refractivity contribution in [2.45, 2.75) is 59.2 Å². The molecule has 1 heteroatoms. The molecule has 106 valence electrons. The van der Waals surface area contributed by atoms with E-state index >= 15 is 0 Å². The van der Waals surface area contributed by atoms with E-state index in [0.29, 0.717) is 6.10 Å². The van der Waals surface area contributed by atoms with E-state index in [4.69, 9.17) is 4.74 Å². The minimum atomic E-state index is 0.221. The molecule has 0 aliphatic carbocycles. The summed E-state index contributed by atoms with van der Waals surface area (Å²) in [4.78, 5) is 0. The van der Waals surface area contributed by atoms with Crippen LogP contribution in [0.15, 0.2) is 24.3 Å². The second-order valence-electron chi connectivity index (χ2n) is 5.90. The Bertz CT molecular complexity index is 642. The van der Waals surface area contributed by atoms with Crippen molar-refractivity contribution in [2.24, 2.45) is 0 Å². The summed E-state index contributed by atoms with van der Waals surface area (Å²) in [6.45, 7) is 8.94. The average molecular weight is 268 g/mol. The van der Waals surface area contributed by atoms with Crippen molar-refractivity contribution in [3.8, 4) is 0 Å². The summed E-state index contributed by atoms with van der Waals surface area (Å²) < 4.78 is 6.10. The Labute approximate surface area is 122 Å². The van der Waals surface area contributed by atoms with E-state index in [1.54, 1.807) is 5.56 Å². The average Bonchev–Trinajstić information content (AvgIpc) is 2.44. The van der Waals surface area contributed by atoms with E-state index in [-0.39, 0.29) is 6.10 Å². The maximum atomic E-state index is 6.10. The normalized spacial score (nSPS) is 22.0. The fourth-order valence-corrected chi connectivity index (χ4v) is 3.92. The Morgan fingerprint density at radius 1 is 1.00 bits per heavy atom. The highest BCUT2D eigenvalue weighted by molar-refractivity contribution is 5.91. The molecule has 0 radical (unpaired) electrons. The van der Waals surface area contributed by atoms with Crippen LogP contribution in [0.4, 0.5) is 0 Å². The van der Waals surface area contributed by atoms with Gasteiger partial charge in [-0.2, -0.15) is 0 Å². The fourth-order valence-electron chi connectivity index (χ4n) is 3.92. The zero-order chi connectivity index (χ0) is 14.3. The molecule has 0 saturated heterocycles. The van der Waals surface area contributed by atoms with Gasteiger partial charge >= 0.3 is 0 Å². The number of rotatable bonds is 2. The first-order valence-corrected chi connectivity index (χ1v) is 7.88. The molecule has 0 N–H and O–H groups in total. The van der Waals surface area contributed by atoms with Crippen LogP contribution in [-0.4, -0.2) is 6.10 Å². The molecule has 3 rings (SSSR count). The van der Waals surface area contributed by atoms with E-state index in [0.717, 1.165) is 19.3 Å². The molecule has 0 spiro atoms. The van der Waals surface area contributed by atoms with Gasteiger partial charge < -0.3 is 4.74 Å². The van der Waals surface area contributed by atoms with Crippen molar-refractivity contribution in [3.63, 3.8) is 0 Å². The van der Waals surface area contributed by atoms with Crippen molar-refractivity contribution in [1.29, 1.82) is 0 Å². The molecular formula is C19H24O. The monoisotopic (exact) mass is 268 g/mol. The van der Waals surface area contributed by atoms with Gasteiger partial charge in [-0.3, -0.25) is 0 Å². The highest BCUT2D eigenvalue weighted by Crippen LogP contribution is 2.40. The molecule has 0 unspecified atom stereocenters. The fraction of sp³-hybridized carbons (Fsp3) is 0.474. The number of ether oxygens (including phenoxy) is 1. The summed E-state index contributed by atoms with van der Waals surface area (Å²) in [5, 5.41) is 2.88. The Kier molecular flexibility index (Phi) is 3.55. The quantitative estimate of drug-likeness (QED) is 0.746. The third-order valence-electron chi connectivity index (χ3n) is 4.63. The second kappa shape index (κ2) is 5.21. The van der Waals surface area contributed by atoms with E-state index in [1.165, 1.54) is 27.5 Å². The number of benzene rings is 2. The molecule has 0 fully saturated rings. The number of hydrogen-bond acceptors (Lipinski definition) is 1. The van der Waals surface area contributed by atoms with Crippen LogP contribution < -0.4 is 0 Å². The molecule has 0 saturated carbocycles. The van der Waals surface area contributed by atoms with Gasteiger partial charge in [0, 0.05) is 0 Å². The molecule has 0 bridgehead atoms. The van der Waals surface area contributed by atoms with Gasteiger partial charge in [-0.1, -0.05) is 38.1 Å². The molecule has 1 aliphatic rings. The van der Waals surface area contributed by atoms with Crippen molar-refractivity contribution < 1.29 is 4.74 Å². The smallest absolute Gasteiger partial charge is 0.0806 e. The second-order valence-corrected chi connectivity index (χ2v) is 5.90. The third kappa shape index (κ3) is 1.96. The van der Waals surface area contributed by atoms with Crippen molar-refractivity contribution in [1.82, 2.24) is 0 Å². The maximum Gasteiger partial charge on any atom is 0.0806 e. The Morgan fingerprint density at radius 2 is 1.60 bits per heavy atom. The first-order valence-electron chi connectivity index (χ1n) is 7.88. The van der Waals surface area contributed by atoms with Gasteiger partial charge in [0.15, 0.2) is 0 Å². The maximum absolute atomic E-state index is 6.10. The van der Waals surface area contributed by atoms with Gasteiger partial charge in [0.2, 0.25) is 0 Å². The summed E-state index contributed by atoms with van der Waals surface area (Å²) in [5.41, 5.74) is 6.07. The molecular weight excluding hydrogens is 244 g/mol. The van der Waals surface area contributed by atoms with E-state index in [2.05, 4.69) is 52.0 Å². The van der Waals surface area contributed by atoms with Crippen LogP contribution in [0, 0.1) is 0 Å². The van der Waals surface area contributed by atoms with Gasteiger partial charge in [0.05, 0.1) is 12.2 Å². The van der Waals surface area contributed by atoms with Crippen molar-refractivity contribution >= 4 is 10.8 Å². The van der Waals surface area contributed by atoms with Crippen molar-refractivity contribution in [3.05, 3.63) is 46.5 Å². The number of aryl methyl sites for hydroxylation is 2. The Hall–Kier alpha value is -1.34. The van der Waals surface area contributed by atoms with Gasteiger partial charge in [0.25, 0.3) is 0 Å². The predicted molar refractivity (Wildman–Crippen MR) is 85.4 cm³/mol. The summed E-state index contributed by atoms with van der Waals surface area (Å²) in [7, 11) is 0. The topological polar surface area (TPSA) is 9.23 Å². The van der Waals surface area contributed by atoms with Crippen molar-refractivity contribution in [2.75, 3.05) is 0 Å². The largest absolute Gasteiger partial charge is 0.371 e. The third-order valence-corrected chi connectivity index (χ3v) is 4.63. The molecule has 2 aromatic carbocycles. The van der Waals surface area contributed by atoms with Crippen LogP contribution >= 0.6 is 0 Å². The molecule has 2 aromatic rings. The first kappa shape index (κ1) is 13.6. The van der Waals surface area contributed by atoms with Crippen LogP contribution in [0.2, 0.25) is 0 Å². The van der Waals surface area contributed by atoms with Gasteiger partial charge in [-0.15, -0.1) is 0 Å². The predicted octanol–water partition coefficient (Wildman–Crippen LogP) is 4.99. The summed E-state index contributed by atoms with van der Waals surface area (Å²) in [5.74, 6) is 0. The first-order chi connectivity index (χ1) is 9.67. The van der Waals surface area contributed by atoms with Crippen LogP contribution in [0.3, 0.4) is 0 Å². The molecule has 1 nitrogen and oxygen atoms in total. The van der Waals surface area contributed by atoms with E-state index in [1.807, 2.05) is 0 Å². The van der Waals surface area contributed by atoms with Crippen LogP contribution in [0.1, 0.15) is 56.1 Å². The molecule has 20 heavy (non-hydrogen) atoms. The van der Waals surface area contributed by atoms with E-state index in [9.17, 15) is 0 Å². The Balaban J connectivity index is 2.42.